The normalized spacial score (nSPS) is 27.6. The van der Waals surface area contributed by atoms with Crippen molar-refractivity contribution in [2.45, 2.75) is 18.9 Å². The van der Waals surface area contributed by atoms with Gasteiger partial charge in [-0.1, -0.05) is 24.3 Å². The van der Waals surface area contributed by atoms with E-state index in [0.29, 0.717) is 10.4 Å². The zero-order chi connectivity index (χ0) is 21.0. The Morgan fingerprint density at radius 1 is 1.13 bits per heavy atom. The monoisotopic (exact) mass is 470 g/mol. The van der Waals surface area contributed by atoms with Crippen molar-refractivity contribution in [2.24, 2.45) is 23.7 Å². The summed E-state index contributed by atoms with van der Waals surface area (Å²) in [6.07, 6.45) is 4.73. The molecule has 2 bridgehead atoms. The number of hydrogen-bond donors (Lipinski definition) is 2. The maximum absolute atomic E-state index is 13.2. The van der Waals surface area contributed by atoms with Gasteiger partial charge in [0, 0.05) is 0 Å². The quantitative estimate of drug-likeness (QED) is 0.394. The van der Waals surface area contributed by atoms with Crippen LogP contribution in [0, 0.1) is 23.7 Å². The van der Waals surface area contributed by atoms with E-state index in [2.05, 4.69) is 21.2 Å². The Hall–Kier alpha value is -2.87. The molecule has 5 unspecified atom stereocenters. The number of anilines is 1. The van der Waals surface area contributed by atoms with Crippen LogP contribution in [0.5, 0.6) is 5.75 Å². The Morgan fingerprint density at radius 2 is 1.80 bits per heavy atom. The maximum atomic E-state index is 13.2. The Labute approximate surface area is 180 Å². The van der Waals surface area contributed by atoms with Gasteiger partial charge in [-0.05, 0) is 58.5 Å². The molecule has 2 heterocycles. The topological polar surface area (TPSA) is 99.9 Å². The summed E-state index contributed by atoms with van der Waals surface area (Å²) in [5, 5.41) is 12.6. The molecular formula is C22H19BrN2O5. The second-order valence-electron chi connectivity index (χ2n) is 7.97. The van der Waals surface area contributed by atoms with Crippen LogP contribution >= 0.6 is 15.9 Å². The Kier molecular flexibility index (Phi) is 4.54. The van der Waals surface area contributed by atoms with Crippen molar-refractivity contribution in [2.75, 3.05) is 5.32 Å². The molecule has 0 radical (unpaired) electrons. The molecule has 1 aliphatic heterocycles. The zero-order valence-corrected chi connectivity index (χ0v) is 17.4. The number of benzene rings is 1. The first kappa shape index (κ1) is 19.1. The Morgan fingerprint density at radius 3 is 2.40 bits per heavy atom. The van der Waals surface area contributed by atoms with E-state index in [0.717, 1.165) is 6.42 Å². The van der Waals surface area contributed by atoms with Crippen LogP contribution in [-0.4, -0.2) is 27.7 Å². The number of carbonyl (C=O) groups is 3. The molecule has 3 aliphatic rings. The summed E-state index contributed by atoms with van der Waals surface area (Å²) in [7, 11) is 0. The van der Waals surface area contributed by atoms with Crippen LogP contribution in [0.15, 0.2) is 57.6 Å². The first-order valence-electron chi connectivity index (χ1n) is 9.82. The van der Waals surface area contributed by atoms with Gasteiger partial charge in [-0.2, -0.15) is 0 Å². The van der Waals surface area contributed by atoms with Crippen molar-refractivity contribution < 1.29 is 23.9 Å². The number of imide groups is 1. The molecule has 2 fully saturated rings. The zero-order valence-electron chi connectivity index (χ0n) is 15.8. The number of aromatic hydroxyl groups is 1. The molecule has 2 aromatic rings. The largest absolute Gasteiger partial charge is 0.506 e. The van der Waals surface area contributed by atoms with Crippen molar-refractivity contribution in [1.82, 2.24) is 4.90 Å². The molecule has 30 heavy (non-hydrogen) atoms. The lowest BCUT2D eigenvalue weighted by Crippen LogP contribution is -2.38. The second kappa shape index (κ2) is 7.12. The van der Waals surface area contributed by atoms with Gasteiger partial charge >= 0.3 is 0 Å². The lowest BCUT2D eigenvalue weighted by Gasteiger charge is -2.26. The predicted octanol–water partition coefficient (Wildman–Crippen LogP) is 3.62. The number of amides is 3. The number of allylic oxidation sites excluding steroid dienone is 2. The molecule has 5 rings (SSSR count). The second-order valence-corrected chi connectivity index (χ2v) is 8.76. The molecule has 2 N–H and O–H groups in total. The van der Waals surface area contributed by atoms with Gasteiger partial charge in [0.15, 0.2) is 4.67 Å². The number of carbonyl (C=O) groups excluding carboxylic acids is 3. The van der Waals surface area contributed by atoms with Crippen molar-refractivity contribution >= 4 is 39.3 Å². The van der Waals surface area contributed by atoms with Gasteiger partial charge in [0.25, 0.3) is 0 Å². The van der Waals surface area contributed by atoms with Crippen molar-refractivity contribution in [3.8, 4) is 5.75 Å². The van der Waals surface area contributed by atoms with Crippen molar-refractivity contribution in [3.05, 3.63) is 59.0 Å². The average molecular weight is 471 g/mol. The summed E-state index contributed by atoms with van der Waals surface area (Å²) >= 11 is 3.25. The number of para-hydroxylation sites is 2. The molecule has 2 aliphatic carbocycles. The maximum Gasteiger partial charge on any atom is 0.234 e. The van der Waals surface area contributed by atoms with Gasteiger partial charge in [-0.3, -0.25) is 19.3 Å². The van der Waals surface area contributed by atoms with Crippen LogP contribution in [0.4, 0.5) is 5.69 Å². The molecule has 5 atom stereocenters. The highest BCUT2D eigenvalue weighted by molar-refractivity contribution is 9.10. The van der Waals surface area contributed by atoms with Gasteiger partial charge in [-0.15, -0.1) is 0 Å². The standard InChI is InChI=1S/C22H19BrN2O5/c23-17-8-7-16(30-17)14(10-18(27)24-13-3-1-2-4-15(13)26)25-21(28)19-11-5-6-12(9-11)20(19)22(25)29/h1-8,11-12,14,19-20,26H,9-10H2,(H,24,27). The molecule has 7 nitrogen and oxygen atoms in total. The number of nitrogens with zero attached hydrogens (tertiary/aromatic N) is 1. The van der Waals surface area contributed by atoms with Gasteiger partial charge in [0.05, 0.1) is 23.9 Å². The molecule has 3 amide bonds. The van der Waals surface area contributed by atoms with Crippen LogP contribution in [-0.2, 0) is 14.4 Å². The molecule has 8 heteroatoms. The first-order chi connectivity index (χ1) is 14.4. The summed E-state index contributed by atoms with van der Waals surface area (Å²) < 4.78 is 6.10. The number of rotatable bonds is 5. The highest BCUT2D eigenvalue weighted by Gasteiger charge is 2.60. The number of fused-ring (bicyclic) bond motifs is 5. The van der Waals surface area contributed by atoms with E-state index >= 15 is 0 Å². The molecule has 1 aromatic heterocycles. The van der Waals surface area contributed by atoms with Crippen LogP contribution in [0.3, 0.4) is 0 Å². The summed E-state index contributed by atoms with van der Waals surface area (Å²) in [5.41, 5.74) is 0.264. The van der Waals surface area contributed by atoms with Crippen LogP contribution in [0.1, 0.15) is 24.6 Å². The summed E-state index contributed by atoms with van der Waals surface area (Å²) in [6, 6.07) is 8.85. The van der Waals surface area contributed by atoms with Crippen LogP contribution in [0.2, 0.25) is 0 Å². The van der Waals surface area contributed by atoms with Gasteiger partial charge in [-0.25, -0.2) is 0 Å². The molecule has 0 spiro atoms. The number of furan rings is 1. The first-order valence-corrected chi connectivity index (χ1v) is 10.6. The number of nitrogens with one attached hydrogen (secondary N) is 1. The average Bonchev–Trinajstić information content (AvgIpc) is 3.47. The fourth-order valence-electron chi connectivity index (χ4n) is 5.02. The van der Waals surface area contributed by atoms with Gasteiger partial charge < -0.3 is 14.8 Å². The van der Waals surface area contributed by atoms with E-state index < -0.39 is 11.9 Å². The third kappa shape index (κ3) is 2.98. The van der Waals surface area contributed by atoms with Crippen LogP contribution < -0.4 is 5.32 Å². The third-order valence-electron chi connectivity index (χ3n) is 6.30. The summed E-state index contributed by atoms with van der Waals surface area (Å²) in [4.78, 5) is 40.5. The SMILES string of the molecule is O=C(CC(c1ccc(Br)o1)N1C(=O)C2C3C=CC(C3)C2C1=O)Nc1ccccc1O. The number of halogens is 1. The molecular weight excluding hydrogens is 452 g/mol. The lowest BCUT2D eigenvalue weighted by molar-refractivity contribution is -0.144. The Balaban J connectivity index is 1.43. The fraction of sp³-hybridized carbons (Fsp3) is 0.318. The minimum absolute atomic E-state index is 0.0614. The lowest BCUT2D eigenvalue weighted by atomic mass is 9.85. The number of phenols is 1. The van der Waals surface area contributed by atoms with E-state index in [1.165, 1.54) is 11.0 Å². The molecule has 1 saturated heterocycles. The van der Waals surface area contributed by atoms with E-state index in [1.807, 2.05) is 12.2 Å². The summed E-state index contributed by atoms with van der Waals surface area (Å²) in [5.74, 6) is -1.16. The number of hydrogen-bond acceptors (Lipinski definition) is 5. The molecule has 1 saturated carbocycles. The van der Waals surface area contributed by atoms with E-state index in [-0.39, 0.29) is 53.3 Å². The highest BCUT2D eigenvalue weighted by atomic mass is 79.9. The van der Waals surface area contributed by atoms with Gasteiger partial charge in [0.1, 0.15) is 17.6 Å². The summed E-state index contributed by atoms with van der Waals surface area (Å²) in [6.45, 7) is 0. The molecule has 1 aromatic carbocycles. The highest BCUT2D eigenvalue weighted by Crippen LogP contribution is 2.54. The third-order valence-corrected chi connectivity index (χ3v) is 6.72. The van der Waals surface area contributed by atoms with Crippen molar-refractivity contribution in [3.63, 3.8) is 0 Å². The van der Waals surface area contributed by atoms with E-state index in [4.69, 9.17) is 4.42 Å². The smallest absolute Gasteiger partial charge is 0.234 e. The minimum Gasteiger partial charge on any atom is -0.506 e. The minimum atomic E-state index is -0.854. The van der Waals surface area contributed by atoms with Crippen LogP contribution in [0.25, 0.3) is 0 Å². The Bertz CT molecular complexity index is 1050. The van der Waals surface area contributed by atoms with Crippen molar-refractivity contribution in [1.29, 1.82) is 0 Å². The van der Waals surface area contributed by atoms with E-state index in [9.17, 15) is 19.5 Å². The number of likely N-dealkylation sites (tertiary alicyclic amines) is 1. The fourth-order valence-corrected chi connectivity index (χ4v) is 5.33. The van der Waals surface area contributed by atoms with Gasteiger partial charge in [0.2, 0.25) is 17.7 Å². The predicted molar refractivity (Wildman–Crippen MR) is 110 cm³/mol. The number of phenolic OH excluding ortho intramolecular Hbond substituents is 1. The van der Waals surface area contributed by atoms with E-state index in [1.54, 1.807) is 30.3 Å². The molecule has 154 valence electrons.